The Morgan fingerprint density at radius 3 is 2.55 bits per heavy atom. The largest absolute Gasteiger partial charge is 0.485 e. The second kappa shape index (κ2) is 5.00. The number of fused-ring (bicyclic) bond motifs is 1. The first-order chi connectivity index (χ1) is 9.65. The van der Waals surface area contributed by atoms with Crippen LogP contribution in [0, 0.1) is 20.8 Å². The first-order valence-electron chi connectivity index (χ1n) is 6.77. The van der Waals surface area contributed by atoms with Gasteiger partial charge in [0.05, 0.1) is 5.69 Å². The lowest BCUT2D eigenvalue weighted by atomic mass is 10.0. The fourth-order valence-corrected chi connectivity index (χ4v) is 2.45. The third kappa shape index (κ3) is 2.27. The van der Waals surface area contributed by atoms with E-state index in [0.29, 0.717) is 6.61 Å². The number of aryl methyl sites for hydroxylation is 3. The van der Waals surface area contributed by atoms with Crippen molar-refractivity contribution in [2.24, 2.45) is 0 Å². The number of pyridine rings is 1. The zero-order chi connectivity index (χ0) is 14.1. The van der Waals surface area contributed by atoms with Gasteiger partial charge in [-0.3, -0.25) is 0 Å². The van der Waals surface area contributed by atoms with Gasteiger partial charge in [-0.2, -0.15) is 0 Å². The third-order valence-electron chi connectivity index (χ3n) is 3.58. The molecular weight excluding hydrogens is 248 g/mol. The normalized spacial score (nSPS) is 10.9. The lowest BCUT2D eigenvalue weighted by Crippen LogP contribution is -2.01. The number of benzene rings is 1. The molecule has 3 nitrogen and oxygen atoms in total. The molecule has 0 saturated carbocycles. The van der Waals surface area contributed by atoms with Crippen LogP contribution < -0.4 is 4.74 Å². The Balaban J connectivity index is 1.91. The maximum absolute atomic E-state index is 6.00. The quantitative estimate of drug-likeness (QED) is 0.720. The zero-order valence-corrected chi connectivity index (χ0v) is 12.1. The summed E-state index contributed by atoms with van der Waals surface area (Å²) in [7, 11) is 0. The molecule has 3 aromatic rings. The predicted octanol–water partition coefficient (Wildman–Crippen LogP) is 3.84. The molecule has 0 amide bonds. The summed E-state index contributed by atoms with van der Waals surface area (Å²) in [6.45, 7) is 6.80. The number of hydrogen-bond donors (Lipinski definition) is 0. The summed E-state index contributed by atoms with van der Waals surface area (Å²) in [5, 5.41) is 0. The number of ether oxygens (including phenoxy) is 1. The van der Waals surface area contributed by atoms with E-state index in [2.05, 4.69) is 37.0 Å². The summed E-state index contributed by atoms with van der Waals surface area (Å²) in [5.74, 6) is 0.822. The van der Waals surface area contributed by atoms with E-state index >= 15 is 0 Å². The topological polar surface area (TPSA) is 26.5 Å². The van der Waals surface area contributed by atoms with Crippen LogP contribution in [0.5, 0.6) is 5.75 Å². The predicted molar refractivity (Wildman–Crippen MR) is 80.2 cm³/mol. The van der Waals surface area contributed by atoms with Crippen LogP contribution in [-0.4, -0.2) is 9.38 Å². The van der Waals surface area contributed by atoms with Gasteiger partial charge < -0.3 is 9.14 Å². The average molecular weight is 266 g/mol. The molecule has 102 valence electrons. The van der Waals surface area contributed by atoms with Crippen LogP contribution >= 0.6 is 0 Å². The molecule has 0 fully saturated rings. The van der Waals surface area contributed by atoms with Crippen LogP contribution in [0.2, 0.25) is 0 Å². The summed E-state index contributed by atoms with van der Waals surface area (Å²) < 4.78 is 7.99. The molecule has 1 aromatic carbocycles. The van der Waals surface area contributed by atoms with Gasteiger partial charge in [0.15, 0.2) is 11.4 Å². The minimum atomic E-state index is 0.573. The SMILES string of the molecule is Cc1cn2cccc(OCc3c(C)cccc3C)c2n1. The molecule has 0 N–H and O–H groups in total. The molecule has 3 rings (SSSR count). The molecular formula is C17H18N2O. The third-order valence-corrected chi connectivity index (χ3v) is 3.58. The Bertz CT molecular complexity index is 739. The number of rotatable bonds is 3. The Hall–Kier alpha value is -2.29. The maximum Gasteiger partial charge on any atom is 0.179 e. The van der Waals surface area contributed by atoms with Gasteiger partial charge in [0, 0.05) is 12.4 Å². The van der Waals surface area contributed by atoms with Crippen LogP contribution in [0.25, 0.3) is 5.65 Å². The van der Waals surface area contributed by atoms with E-state index in [9.17, 15) is 0 Å². The lowest BCUT2D eigenvalue weighted by Gasteiger charge is -2.11. The smallest absolute Gasteiger partial charge is 0.179 e. The van der Waals surface area contributed by atoms with Gasteiger partial charge in [0.2, 0.25) is 0 Å². The maximum atomic E-state index is 6.00. The molecule has 0 aliphatic rings. The molecule has 0 spiro atoms. The van der Waals surface area contributed by atoms with Crippen molar-refractivity contribution in [3.05, 3.63) is 65.1 Å². The van der Waals surface area contributed by atoms with Crippen LogP contribution in [0.3, 0.4) is 0 Å². The van der Waals surface area contributed by atoms with Crippen molar-refractivity contribution >= 4 is 5.65 Å². The van der Waals surface area contributed by atoms with Crippen molar-refractivity contribution in [3.8, 4) is 5.75 Å². The van der Waals surface area contributed by atoms with Crippen molar-refractivity contribution in [2.75, 3.05) is 0 Å². The van der Waals surface area contributed by atoms with Crippen LogP contribution in [-0.2, 0) is 6.61 Å². The van der Waals surface area contributed by atoms with E-state index in [4.69, 9.17) is 4.74 Å². The summed E-state index contributed by atoms with van der Waals surface area (Å²) in [5.41, 5.74) is 5.63. The van der Waals surface area contributed by atoms with Crippen LogP contribution in [0.4, 0.5) is 0 Å². The average Bonchev–Trinajstić information content (AvgIpc) is 2.79. The van der Waals surface area contributed by atoms with Crippen molar-refractivity contribution in [2.45, 2.75) is 27.4 Å². The fourth-order valence-electron chi connectivity index (χ4n) is 2.45. The molecule has 0 radical (unpaired) electrons. The van der Waals surface area contributed by atoms with Gasteiger partial charge in [0.25, 0.3) is 0 Å². The molecule has 2 aromatic heterocycles. The minimum Gasteiger partial charge on any atom is -0.485 e. The highest BCUT2D eigenvalue weighted by Gasteiger charge is 2.07. The summed E-state index contributed by atoms with van der Waals surface area (Å²) in [4.78, 5) is 4.51. The summed E-state index contributed by atoms with van der Waals surface area (Å²) in [6, 6.07) is 10.3. The van der Waals surface area contributed by atoms with E-state index in [0.717, 1.165) is 17.1 Å². The number of hydrogen-bond acceptors (Lipinski definition) is 2. The summed E-state index contributed by atoms with van der Waals surface area (Å²) in [6.07, 6.45) is 3.99. The Labute approximate surface area is 118 Å². The lowest BCUT2D eigenvalue weighted by molar-refractivity contribution is 0.306. The van der Waals surface area contributed by atoms with Gasteiger partial charge in [-0.1, -0.05) is 18.2 Å². The molecule has 2 heterocycles. The van der Waals surface area contributed by atoms with Crippen LogP contribution in [0.15, 0.2) is 42.7 Å². The number of aromatic nitrogens is 2. The van der Waals surface area contributed by atoms with Gasteiger partial charge in [0.1, 0.15) is 6.61 Å². The summed E-state index contributed by atoms with van der Waals surface area (Å²) >= 11 is 0. The van der Waals surface area contributed by atoms with Crippen LogP contribution in [0.1, 0.15) is 22.4 Å². The monoisotopic (exact) mass is 266 g/mol. The highest BCUT2D eigenvalue weighted by molar-refractivity contribution is 5.54. The molecule has 0 aliphatic heterocycles. The van der Waals surface area contributed by atoms with E-state index < -0.39 is 0 Å². The number of imidazole rings is 1. The van der Waals surface area contributed by atoms with Gasteiger partial charge in [-0.05, 0) is 49.6 Å². The highest BCUT2D eigenvalue weighted by Crippen LogP contribution is 2.22. The molecule has 0 saturated heterocycles. The van der Waals surface area contributed by atoms with E-state index in [1.165, 1.54) is 16.7 Å². The second-order valence-electron chi connectivity index (χ2n) is 5.14. The van der Waals surface area contributed by atoms with Crippen molar-refractivity contribution in [1.82, 2.24) is 9.38 Å². The fraction of sp³-hybridized carbons (Fsp3) is 0.235. The first kappa shape index (κ1) is 12.7. The number of nitrogens with zero attached hydrogens (tertiary/aromatic N) is 2. The first-order valence-corrected chi connectivity index (χ1v) is 6.77. The molecule has 0 bridgehead atoms. The Morgan fingerprint density at radius 1 is 1.05 bits per heavy atom. The molecule has 0 atom stereocenters. The van der Waals surface area contributed by atoms with Crippen molar-refractivity contribution in [3.63, 3.8) is 0 Å². The minimum absolute atomic E-state index is 0.573. The Morgan fingerprint density at radius 2 is 1.80 bits per heavy atom. The second-order valence-corrected chi connectivity index (χ2v) is 5.14. The van der Waals surface area contributed by atoms with Gasteiger partial charge >= 0.3 is 0 Å². The van der Waals surface area contributed by atoms with E-state index in [1.54, 1.807) is 0 Å². The molecule has 3 heteroatoms. The van der Waals surface area contributed by atoms with Gasteiger partial charge in [-0.15, -0.1) is 0 Å². The van der Waals surface area contributed by atoms with Crippen molar-refractivity contribution < 1.29 is 4.74 Å². The zero-order valence-electron chi connectivity index (χ0n) is 12.1. The molecule has 20 heavy (non-hydrogen) atoms. The van der Waals surface area contributed by atoms with Gasteiger partial charge in [-0.25, -0.2) is 4.98 Å². The van der Waals surface area contributed by atoms with Crippen molar-refractivity contribution in [1.29, 1.82) is 0 Å². The van der Waals surface area contributed by atoms with E-state index in [-0.39, 0.29) is 0 Å². The van der Waals surface area contributed by atoms with E-state index in [1.807, 2.05) is 35.9 Å². The highest BCUT2D eigenvalue weighted by atomic mass is 16.5. The molecule has 0 unspecified atom stereocenters. The molecule has 0 aliphatic carbocycles. The standard InChI is InChI=1S/C17H18N2O/c1-12-6-4-7-13(2)15(12)11-20-16-8-5-9-19-10-14(3)18-17(16)19/h4-10H,11H2,1-3H3. The Kier molecular flexibility index (Phi) is 3.18.